The third-order valence-corrected chi connectivity index (χ3v) is 6.95. The number of amides is 1. The van der Waals surface area contributed by atoms with E-state index in [2.05, 4.69) is 20.2 Å². The van der Waals surface area contributed by atoms with E-state index in [1.807, 2.05) is 0 Å². The van der Waals surface area contributed by atoms with Crippen molar-refractivity contribution >= 4 is 65.6 Å². The second kappa shape index (κ2) is 8.22. The number of aromatic nitrogens is 2. The molecule has 1 heterocycles. The Hall–Kier alpha value is -1.55. The SMILES string of the molecule is NS(=O)(=O)c1nnc(NC(=O)CCNS(=O)(=O)c2cc(Cl)cc(Cl)c2O)s1. The van der Waals surface area contributed by atoms with Gasteiger partial charge in [-0.05, 0) is 12.1 Å². The maximum Gasteiger partial charge on any atom is 0.267 e. The van der Waals surface area contributed by atoms with E-state index in [0.717, 1.165) is 6.07 Å². The van der Waals surface area contributed by atoms with Crippen molar-refractivity contribution in [1.82, 2.24) is 14.9 Å². The van der Waals surface area contributed by atoms with Gasteiger partial charge in [-0.15, -0.1) is 10.2 Å². The van der Waals surface area contributed by atoms with Crippen LogP contribution >= 0.6 is 34.5 Å². The normalized spacial score (nSPS) is 12.1. The third kappa shape index (κ3) is 5.71. The molecule has 2 aromatic rings. The van der Waals surface area contributed by atoms with Crippen molar-refractivity contribution in [2.75, 3.05) is 11.9 Å². The number of sulfonamides is 2. The molecule has 148 valence electrons. The Kier molecular flexibility index (Phi) is 6.62. The summed E-state index contributed by atoms with van der Waals surface area (Å²) in [6.07, 6.45) is -0.321. The number of aromatic hydroxyl groups is 1. The minimum absolute atomic E-state index is 0.00199. The molecule has 5 N–H and O–H groups in total. The van der Waals surface area contributed by atoms with Crippen molar-refractivity contribution in [2.24, 2.45) is 5.14 Å². The average Bonchev–Trinajstić information content (AvgIpc) is 2.99. The zero-order chi connectivity index (χ0) is 20.4. The number of rotatable bonds is 7. The van der Waals surface area contributed by atoms with E-state index >= 15 is 0 Å². The molecule has 0 spiro atoms. The molecule has 2 rings (SSSR count). The van der Waals surface area contributed by atoms with Gasteiger partial charge in [0.1, 0.15) is 4.90 Å². The average molecular weight is 476 g/mol. The van der Waals surface area contributed by atoms with Crippen LogP contribution in [0.1, 0.15) is 6.42 Å². The Morgan fingerprint density at radius 1 is 1.22 bits per heavy atom. The van der Waals surface area contributed by atoms with Crippen molar-refractivity contribution < 1.29 is 26.7 Å². The predicted octanol–water partition coefficient (Wildman–Crippen LogP) is 0.505. The first kappa shape index (κ1) is 21.7. The minimum atomic E-state index is -4.19. The molecule has 16 heteroatoms. The maximum absolute atomic E-state index is 12.2. The molecule has 0 unspecified atom stereocenters. The second-order valence-electron chi connectivity index (χ2n) is 4.85. The lowest BCUT2D eigenvalue weighted by Gasteiger charge is -2.09. The summed E-state index contributed by atoms with van der Waals surface area (Å²) in [6.45, 7) is -0.335. The first-order valence-electron chi connectivity index (χ1n) is 6.74. The summed E-state index contributed by atoms with van der Waals surface area (Å²) in [5.74, 6) is -1.34. The lowest BCUT2D eigenvalue weighted by atomic mass is 10.3. The standard InChI is InChI=1S/C11H11Cl2N5O6S3/c12-5-3-6(13)9(20)7(4-5)27(23,24)15-2-1-8(19)16-10-17-18-11(25-10)26(14,21)22/h3-4,15,20H,1-2H2,(H2,14,21,22)(H,16,17,19). The summed E-state index contributed by atoms with van der Waals surface area (Å²) < 4.78 is 48.2. The lowest BCUT2D eigenvalue weighted by Crippen LogP contribution is -2.28. The van der Waals surface area contributed by atoms with Gasteiger partial charge in [0.05, 0.1) is 5.02 Å². The number of phenolic OH excluding ortho intramolecular Hbond substituents is 1. The Labute approximate surface area is 167 Å². The molecule has 1 aromatic carbocycles. The van der Waals surface area contributed by atoms with Gasteiger partial charge in [0.15, 0.2) is 5.75 Å². The summed E-state index contributed by atoms with van der Waals surface area (Å²) in [4.78, 5) is 11.3. The topological polar surface area (TPSA) is 181 Å². The highest BCUT2D eigenvalue weighted by Gasteiger charge is 2.22. The van der Waals surface area contributed by atoms with Crippen LogP contribution in [0.15, 0.2) is 21.4 Å². The van der Waals surface area contributed by atoms with Crippen molar-refractivity contribution in [2.45, 2.75) is 15.7 Å². The van der Waals surface area contributed by atoms with Gasteiger partial charge in [0.2, 0.25) is 25.4 Å². The fourth-order valence-electron chi connectivity index (χ4n) is 1.68. The molecule has 0 fully saturated rings. The van der Waals surface area contributed by atoms with Crippen LogP contribution in [0.3, 0.4) is 0 Å². The number of anilines is 1. The number of nitrogens with two attached hydrogens (primary N) is 1. The van der Waals surface area contributed by atoms with E-state index in [4.69, 9.17) is 28.3 Å². The van der Waals surface area contributed by atoms with Crippen molar-refractivity contribution in [1.29, 1.82) is 0 Å². The molecule has 11 nitrogen and oxygen atoms in total. The number of nitrogens with zero attached hydrogens (tertiary/aromatic N) is 2. The van der Waals surface area contributed by atoms with E-state index in [-0.39, 0.29) is 28.1 Å². The lowest BCUT2D eigenvalue weighted by molar-refractivity contribution is -0.116. The fourth-order valence-corrected chi connectivity index (χ4v) is 4.82. The highest BCUT2D eigenvalue weighted by atomic mass is 35.5. The number of phenols is 1. The van der Waals surface area contributed by atoms with Crippen molar-refractivity contribution in [3.63, 3.8) is 0 Å². The van der Waals surface area contributed by atoms with Crippen LogP contribution in [0.25, 0.3) is 0 Å². The fraction of sp³-hybridized carbons (Fsp3) is 0.182. The van der Waals surface area contributed by atoms with E-state index in [1.165, 1.54) is 6.07 Å². The van der Waals surface area contributed by atoms with Gasteiger partial charge < -0.3 is 10.4 Å². The van der Waals surface area contributed by atoms with Crippen LogP contribution in [0.2, 0.25) is 10.0 Å². The Balaban J connectivity index is 1.97. The number of hydrogen-bond donors (Lipinski definition) is 4. The first-order chi connectivity index (χ1) is 12.4. The van der Waals surface area contributed by atoms with Crippen LogP contribution < -0.4 is 15.2 Å². The second-order valence-corrected chi connectivity index (χ2v) is 10.1. The molecule has 0 aliphatic carbocycles. The summed E-state index contributed by atoms with van der Waals surface area (Å²) in [6, 6.07) is 2.17. The molecular formula is C11H11Cl2N5O6S3. The molecule has 1 aromatic heterocycles. The van der Waals surface area contributed by atoms with E-state index in [9.17, 15) is 26.7 Å². The first-order valence-corrected chi connectivity index (χ1v) is 11.3. The molecule has 27 heavy (non-hydrogen) atoms. The monoisotopic (exact) mass is 475 g/mol. The highest BCUT2D eigenvalue weighted by Crippen LogP contribution is 2.33. The third-order valence-electron chi connectivity index (χ3n) is 2.82. The Bertz CT molecular complexity index is 1090. The van der Waals surface area contributed by atoms with Crippen LogP contribution in [0.5, 0.6) is 5.75 Å². The number of nitrogens with one attached hydrogen (secondary N) is 2. The summed E-state index contributed by atoms with van der Waals surface area (Å²) >= 11 is 11.9. The van der Waals surface area contributed by atoms with E-state index in [0.29, 0.717) is 11.3 Å². The smallest absolute Gasteiger partial charge is 0.267 e. The number of halogens is 2. The highest BCUT2D eigenvalue weighted by molar-refractivity contribution is 7.91. The molecule has 0 radical (unpaired) electrons. The van der Waals surface area contributed by atoms with E-state index < -0.39 is 40.9 Å². The number of hydrogen-bond acceptors (Lipinski definition) is 9. The van der Waals surface area contributed by atoms with Gasteiger partial charge in [0, 0.05) is 18.0 Å². The molecule has 0 bridgehead atoms. The Morgan fingerprint density at radius 2 is 1.89 bits per heavy atom. The number of carbonyl (C=O) groups is 1. The minimum Gasteiger partial charge on any atom is -0.505 e. The quantitative estimate of drug-likeness (QED) is 0.417. The molecule has 0 saturated carbocycles. The number of primary sulfonamides is 1. The largest absolute Gasteiger partial charge is 0.505 e. The number of carbonyl (C=O) groups excluding carboxylic acids is 1. The van der Waals surface area contributed by atoms with Gasteiger partial charge in [-0.3, -0.25) is 4.79 Å². The van der Waals surface area contributed by atoms with Gasteiger partial charge in [-0.2, -0.15) is 0 Å². The van der Waals surface area contributed by atoms with Gasteiger partial charge >= 0.3 is 0 Å². The van der Waals surface area contributed by atoms with E-state index in [1.54, 1.807) is 0 Å². The van der Waals surface area contributed by atoms with Gasteiger partial charge in [0.25, 0.3) is 10.0 Å². The molecule has 0 saturated heterocycles. The van der Waals surface area contributed by atoms with Crippen LogP contribution in [0, 0.1) is 0 Å². The summed E-state index contributed by atoms with van der Waals surface area (Å²) in [7, 11) is -8.23. The summed E-state index contributed by atoms with van der Waals surface area (Å²) in [5, 5.41) is 23.3. The zero-order valence-corrected chi connectivity index (χ0v) is 17.0. The van der Waals surface area contributed by atoms with Crippen LogP contribution in [-0.4, -0.2) is 44.6 Å². The van der Waals surface area contributed by atoms with Crippen molar-refractivity contribution in [3.8, 4) is 5.75 Å². The maximum atomic E-state index is 12.2. The van der Waals surface area contributed by atoms with Crippen LogP contribution in [0.4, 0.5) is 5.13 Å². The van der Waals surface area contributed by atoms with Gasteiger partial charge in [-0.25, -0.2) is 26.7 Å². The Morgan fingerprint density at radius 3 is 2.48 bits per heavy atom. The van der Waals surface area contributed by atoms with Crippen LogP contribution in [-0.2, 0) is 24.8 Å². The van der Waals surface area contributed by atoms with Crippen molar-refractivity contribution in [3.05, 3.63) is 22.2 Å². The molecule has 0 aliphatic heterocycles. The molecule has 1 amide bonds. The molecular weight excluding hydrogens is 465 g/mol. The predicted molar refractivity (Wildman–Crippen MR) is 97.8 cm³/mol. The molecule has 0 atom stereocenters. The number of benzene rings is 1. The zero-order valence-electron chi connectivity index (χ0n) is 13.0. The summed E-state index contributed by atoms with van der Waals surface area (Å²) in [5.41, 5.74) is 0. The molecule has 0 aliphatic rings. The van der Waals surface area contributed by atoms with Gasteiger partial charge in [-0.1, -0.05) is 34.5 Å².